The molecule has 1 atom stereocenters. The van der Waals surface area contributed by atoms with Gasteiger partial charge in [-0.1, -0.05) is 6.07 Å². The van der Waals surface area contributed by atoms with E-state index in [4.69, 9.17) is 0 Å². The van der Waals surface area contributed by atoms with Gasteiger partial charge in [0.15, 0.2) is 0 Å². The molecule has 0 bridgehead atoms. The molecule has 0 spiro atoms. The van der Waals surface area contributed by atoms with Crippen molar-refractivity contribution in [2.75, 3.05) is 7.05 Å². The van der Waals surface area contributed by atoms with E-state index in [9.17, 15) is 0 Å². The Morgan fingerprint density at radius 2 is 2.18 bits per heavy atom. The molecule has 0 fully saturated rings. The Labute approximate surface area is 102 Å². The van der Waals surface area contributed by atoms with E-state index in [1.165, 1.54) is 5.56 Å². The number of hydrogen-bond donors (Lipinski definition) is 1. The smallest absolute Gasteiger partial charge is 0.0922 e. The Morgan fingerprint density at radius 1 is 1.35 bits per heavy atom. The maximum Gasteiger partial charge on any atom is 0.0922 e. The quantitative estimate of drug-likeness (QED) is 0.872. The van der Waals surface area contributed by atoms with Crippen LogP contribution in [0.5, 0.6) is 0 Å². The van der Waals surface area contributed by atoms with E-state index in [-0.39, 0.29) is 6.04 Å². The van der Waals surface area contributed by atoms with Crippen LogP contribution in [0.2, 0.25) is 0 Å². The van der Waals surface area contributed by atoms with Crippen LogP contribution in [-0.2, 0) is 6.54 Å². The molecule has 2 aromatic heterocycles. The first-order valence-electron chi connectivity index (χ1n) is 5.88. The first-order valence-corrected chi connectivity index (χ1v) is 5.88. The number of rotatable bonds is 4. The summed E-state index contributed by atoms with van der Waals surface area (Å²) in [5.41, 5.74) is 3.40. The van der Waals surface area contributed by atoms with Crippen LogP contribution in [-0.4, -0.2) is 21.8 Å². The van der Waals surface area contributed by atoms with Crippen molar-refractivity contribution in [1.29, 1.82) is 0 Å². The van der Waals surface area contributed by atoms with Crippen molar-refractivity contribution in [3.05, 3.63) is 47.5 Å². The minimum atomic E-state index is 0.0960. The fourth-order valence-electron chi connectivity index (χ4n) is 2.08. The zero-order chi connectivity index (χ0) is 12.3. The predicted molar refractivity (Wildman–Crippen MR) is 67.8 cm³/mol. The molecular formula is C13H18N4. The van der Waals surface area contributed by atoms with Crippen LogP contribution < -0.4 is 5.32 Å². The molecule has 1 unspecified atom stereocenters. The Hall–Kier alpha value is -1.68. The number of aromatic nitrogens is 3. The summed E-state index contributed by atoms with van der Waals surface area (Å²) in [6, 6.07) is 6.18. The molecule has 2 heterocycles. The Morgan fingerprint density at radius 3 is 2.82 bits per heavy atom. The van der Waals surface area contributed by atoms with Crippen LogP contribution in [0.15, 0.2) is 30.6 Å². The largest absolute Gasteiger partial charge is 0.307 e. The molecule has 2 aromatic rings. The summed E-state index contributed by atoms with van der Waals surface area (Å²) >= 11 is 0. The molecule has 0 saturated carbocycles. The second-order valence-electron chi connectivity index (χ2n) is 4.00. The van der Waals surface area contributed by atoms with Crippen molar-refractivity contribution in [3.8, 4) is 0 Å². The third-order valence-corrected chi connectivity index (χ3v) is 2.96. The molecule has 90 valence electrons. The Kier molecular flexibility index (Phi) is 3.54. The minimum absolute atomic E-state index is 0.0960. The highest BCUT2D eigenvalue weighted by molar-refractivity contribution is 5.28. The van der Waals surface area contributed by atoms with Gasteiger partial charge < -0.3 is 5.32 Å². The summed E-state index contributed by atoms with van der Waals surface area (Å²) in [6.07, 6.45) is 3.67. The third kappa shape index (κ3) is 2.22. The Balaban J connectivity index is 2.44. The first-order chi connectivity index (χ1) is 8.27. The standard InChI is InChI=1S/C13H18N4/c1-4-17-11(7-9-16-17)13(14-3)12-10(2)6-5-8-15-12/h5-9,13-14H,4H2,1-3H3. The number of nitrogens with one attached hydrogen (secondary N) is 1. The third-order valence-electron chi connectivity index (χ3n) is 2.96. The molecule has 0 amide bonds. The monoisotopic (exact) mass is 230 g/mol. The molecule has 1 N–H and O–H groups in total. The van der Waals surface area contributed by atoms with Crippen molar-refractivity contribution in [3.63, 3.8) is 0 Å². The first kappa shape index (κ1) is 11.8. The molecule has 17 heavy (non-hydrogen) atoms. The van der Waals surface area contributed by atoms with Gasteiger partial charge in [-0.15, -0.1) is 0 Å². The highest BCUT2D eigenvalue weighted by Crippen LogP contribution is 2.22. The molecule has 0 radical (unpaired) electrons. The lowest BCUT2D eigenvalue weighted by molar-refractivity contribution is 0.554. The summed E-state index contributed by atoms with van der Waals surface area (Å²) in [4.78, 5) is 4.48. The van der Waals surface area contributed by atoms with Gasteiger partial charge in [0.2, 0.25) is 0 Å². The Bertz CT molecular complexity index is 490. The van der Waals surface area contributed by atoms with Gasteiger partial charge >= 0.3 is 0 Å². The molecule has 0 aliphatic carbocycles. The van der Waals surface area contributed by atoms with Crippen LogP contribution in [0, 0.1) is 6.92 Å². The van der Waals surface area contributed by atoms with Crippen molar-refractivity contribution in [2.45, 2.75) is 26.4 Å². The van der Waals surface area contributed by atoms with Crippen LogP contribution in [0.4, 0.5) is 0 Å². The van der Waals surface area contributed by atoms with Crippen LogP contribution >= 0.6 is 0 Å². The van der Waals surface area contributed by atoms with Crippen LogP contribution in [0.1, 0.15) is 29.9 Å². The lowest BCUT2D eigenvalue weighted by atomic mass is 10.1. The maximum atomic E-state index is 4.48. The van der Waals surface area contributed by atoms with Gasteiger partial charge in [-0.2, -0.15) is 5.10 Å². The van der Waals surface area contributed by atoms with E-state index in [2.05, 4.69) is 35.3 Å². The SMILES string of the molecule is CCn1nccc1C(NC)c1ncccc1C. The molecule has 0 saturated heterocycles. The van der Waals surface area contributed by atoms with Gasteiger partial charge in [0.25, 0.3) is 0 Å². The van der Waals surface area contributed by atoms with Crippen molar-refractivity contribution < 1.29 is 0 Å². The average Bonchev–Trinajstić information content (AvgIpc) is 2.81. The van der Waals surface area contributed by atoms with Gasteiger partial charge in [0.05, 0.1) is 17.4 Å². The second kappa shape index (κ2) is 5.10. The summed E-state index contributed by atoms with van der Waals surface area (Å²) < 4.78 is 2.00. The van der Waals surface area contributed by atoms with Crippen molar-refractivity contribution in [2.24, 2.45) is 0 Å². The fourth-order valence-corrected chi connectivity index (χ4v) is 2.08. The van der Waals surface area contributed by atoms with Crippen molar-refractivity contribution in [1.82, 2.24) is 20.1 Å². The molecule has 0 aromatic carbocycles. The van der Waals surface area contributed by atoms with E-state index in [1.54, 1.807) is 0 Å². The zero-order valence-electron chi connectivity index (χ0n) is 10.5. The molecular weight excluding hydrogens is 212 g/mol. The number of nitrogens with zero attached hydrogens (tertiary/aromatic N) is 3. The van der Waals surface area contributed by atoms with E-state index >= 15 is 0 Å². The van der Waals surface area contributed by atoms with Gasteiger partial charge in [-0.05, 0) is 38.6 Å². The minimum Gasteiger partial charge on any atom is -0.307 e. The number of hydrogen-bond acceptors (Lipinski definition) is 3. The molecule has 0 aliphatic heterocycles. The number of pyridine rings is 1. The van der Waals surface area contributed by atoms with Crippen molar-refractivity contribution >= 4 is 0 Å². The molecule has 4 heteroatoms. The van der Waals surface area contributed by atoms with E-state index in [0.29, 0.717) is 0 Å². The molecule has 4 nitrogen and oxygen atoms in total. The lowest BCUT2D eigenvalue weighted by Gasteiger charge is -2.18. The van der Waals surface area contributed by atoms with Gasteiger partial charge in [-0.3, -0.25) is 9.67 Å². The summed E-state index contributed by atoms with van der Waals surface area (Å²) in [5.74, 6) is 0. The second-order valence-corrected chi connectivity index (χ2v) is 4.00. The van der Waals surface area contributed by atoms with Crippen LogP contribution in [0.3, 0.4) is 0 Å². The van der Waals surface area contributed by atoms with Gasteiger partial charge in [-0.25, -0.2) is 0 Å². The van der Waals surface area contributed by atoms with Gasteiger partial charge in [0, 0.05) is 18.9 Å². The molecule has 0 aliphatic rings. The van der Waals surface area contributed by atoms with E-state index < -0.39 is 0 Å². The highest BCUT2D eigenvalue weighted by atomic mass is 15.3. The maximum absolute atomic E-state index is 4.48. The molecule has 2 rings (SSSR count). The van der Waals surface area contributed by atoms with E-state index in [1.807, 2.05) is 36.3 Å². The summed E-state index contributed by atoms with van der Waals surface area (Å²) in [6.45, 7) is 5.04. The fraction of sp³-hybridized carbons (Fsp3) is 0.385. The predicted octanol–water partition coefficient (Wildman–Crippen LogP) is 1.92. The van der Waals surface area contributed by atoms with Crippen LogP contribution in [0.25, 0.3) is 0 Å². The zero-order valence-corrected chi connectivity index (χ0v) is 10.5. The van der Waals surface area contributed by atoms with E-state index in [0.717, 1.165) is 17.9 Å². The number of aryl methyl sites for hydroxylation is 2. The van der Waals surface area contributed by atoms with Gasteiger partial charge in [0.1, 0.15) is 0 Å². The average molecular weight is 230 g/mol. The highest BCUT2D eigenvalue weighted by Gasteiger charge is 2.18. The lowest BCUT2D eigenvalue weighted by Crippen LogP contribution is -2.23. The topological polar surface area (TPSA) is 42.7 Å². The summed E-state index contributed by atoms with van der Waals surface area (Å²) in [7, 11) is 1.95. The normalized spacial score (nSPS) is 12.6. The summed E-state index contributed by atoms with van der Waals surface area (Å²) in [5, 5.41) is 7.62.